The van der Waals surface area contributed by atoms with Crippen molar-refractivity contribution in [2.45, 2.75) is 6.92 Å². The Balaban J connectivity index is 1.49. The lowest BCUT2D eigenvalue weighted by Gasteiger charge is -2.13. The minimum absolute atomic E-state index is 0.172. The summed E-state index contributed by atoms with van der Waals surface area (Å²) in [7, 11) is 3.91. The predicted molar refractivity (Wildman–Crippen MR) is 148 cm³/mol. The van der Waals surface area contributed by atoms with Crippen LogP contribution in [0.2, 0.25) is 0 Å². The van der Waals surface area contributed by atoms with Gasteiger partial charge in [0, 0.05) is 35.9 Å². The Morgan fingerprint density at radius 3 is 2.54 bits per heavy atom. The number of rotatable bonds is 8. The fraction of sp³-hybridized carbons (Fsp3) is 0.148. The number of hydrogen-bond acceptors (Lipinski definition) is 6. The van der Waals surface area contributed by atoms with Gasteiger partial charge in [0.2, 0.25) is 11.9 Å². The topological polar surface area (TPSA) is 82.2 Å². The van der Waals surface area contributed by atoms with E-state index < -0.39 is 0 Å². The summed E-state index contributed by atoms with van der Waals surface area (Å²) < 4.78 is 0.748. The fourth-order valence-corrected chi connectivity index (χ4v) is 3.72. The van der Waals surface area contributed by atoms with E-state index in [1.807, 2.05) is 68.4 Å². The summed E-state index contributed by atoms with van der Waals surface area (Å²) in [6.07, 6.45) is 5.07. The summed E-state index contributed by atoms with van der Waals surface area (Å²) in [4.78, 5) is 23.3. The molecule has 0 unspecified atom stereocenters. The van der Waals surface area contributed by atoms with Crippen LogP contribution in [-0.4, -0.2) is 41.4 Å². The number of carbonyl (C=O) groups is 1. The summed E-state index contributed by atoms with van der Waals surface area (Å²) >= 11 is 3.53. The molecule has 178 valence electrons. The molecule has 7 nitrogen and oxygen atoms in total. The van der Waals surface area contributed by atoms with Gasteiger partial charge in [-0.3, -0.25) is 4.79 Å². The maximum atomic E-state index is 12.3. The van der Waals surface area contributed by atoms with Crippen LogP contribution >= 0.6 is 15.9 Å². The number of fused-ring (bicyclic) bond motifs is 1. The lowest BCUT2D eigenvalue weighted by Crippen LogP contribution is -2.13. The Labute approximate surface area is 213 Å². The molecule has 0 bridgehead atoms. The SMILES string of the molecule is Cc1ccc(Nc2ncc(Br)c(Nc3ccc4ccccc4c3)n2)cc1NC(=O)/C=C/CN(C)C. The Morgan fingerprint density at radius 2 is 1.74 bits per heavy atom. The molecule has 1 heterocycles. The van der Waals surface area contributed by atoms with E-state index >= 15 is 0 Å². The number of hydrogen-bond donors (Lipinski definition) is 3. The van der Waals surface area contributed by atoms with Crippen molar-refractivity contribution in [3.63, 3.8) is 0 Å². The third-order valence-electron chi connectivity index (χ3n) is 5.25. The number of nitrogens with zero attached hydrogens (tertiary/aromatic N) is 3. The lowest BCUT2D eigenvalue weighted by atomic mass is 10.1. The van der Waals surface area contributed by atoms with Crippen LogP contribution in [0, 0.1) is 6.92 Å². The van der Waals surface area contributed by atoms with Gasteiger partial charge < -0.3 is 20.9 Å². The summed E-state index contributed by atoms with van der Waals surface area (Å²) in [6, 6.07) is 20.1. The third-order valence-corrected chi connectivity index (χ3v) is 5.83. The normalized spacial score (nSPS) is 11.2. The third kappa shape index (κ3) is 6.65. The van der Waals surface area contributed by atoms with Gasteiger partial charge in [0.05, 0.1) is 4.47 Å². The zero-order valence-electron chi connectivity index (χ0n) is 19.8. The van der Waals surface area contributed by atoms with Crippen molar-refractivity contribution in [2.75, 3.05) is 36.6 Å². The average Bonchev–Trinajstić information content (AvgIpc) is 2.83. The number of nitrogens with one attached hydrogen (secondary N) is 3. The van der Waals surface area contributed by atoms with Gasteiger partial charge in [-0.05, 0) is 77.6 Å². The maximum absolute atomic E-state index is 12.3. The molecule has 4 aromatic rings. The van der Waals surface area contributed by atoms with Crippen LogP contribution in [0.1, 0.15) is 5.56 Å². The van der Waals surface area contributed by atoms with Crippen molar-refractivity contribution in [2.24, 2.45) is 0 Å². The highest BCUT2D eigenvalue weighted by Gasteiger charge is 2.09. The largest absolute Gasteiger partial charge is 0.339 e. The first-order valence-electron chi connectivity index (χ1n) is 11.2. The highest BCUT2D eigenvalue weighted by atomic mass is 79.9. The van der Waals surface area contributed by atoms with Gasteiger partial charge in [-0.2, -0.15) is 4.98 Å². The molecule has 3 N–H and O–H groups in total. The van der Waals surface area contributed by atoms with E-state index in [1.165, 1.54) is 5.39 Å². The molecule has 0 fully saturated rings. The molecule has 0 saturated carbocycles. The number of aryl methyl sites for hydroxylation is 1. The molecule has 0 radical (unpaired) electrons. The minimum atomic E-state index is -0.172. The van der Waals surface area contributed by atoms with Gasteiger partial charge in [0.15, 0.2) is 0 Å². The number of halogens is 1. The molecule has 1 amide bonds. The second-order valence-corrected chi connectivity index (χ2v) is 9.24. The van der Waals surface area contributed by atoms with Crippen LogP contribution in [0.5, 0.6) is 0 Å². The molecule has 0 saturated heterocycles. The number of likely N-dealkylation sites (N-methyl/N-ethyl adjacent to an activating group) is 1. The van der Waals surface area contributed by atoms with E-state index in [0.717, 1.165) is 32.5 Å². The maximum Gasteiger partial charge on any atom is 0.248 e. The fourth-order valence-electron chi connectivity index (χ4n) is 3.43. The average molecular weight is 531 g/mol. The van der Waals surface area contributed by atoms with Crippen LogP contribution in [0.4, 0.5) is 28.8 Å². The summed E-state index contributed by atoms with van der Waals surface area (Å²) in [5.41, 5.74) is 3.38. The van der Waals surface area contributed by atoms with E-state index in [1.54, 1.807) is 12.3 Å². The molecular weight excluding hydrogens is 504 g/mol. The smallest absolute Gasteiger partial charge is 0.248 e. The molecule has 4 rings (SSSR count). The zero-order chi connectivity index (χ0) is 24.8. The first-order chi connectivity index (χ1) is 16.9. The number of aromatic nitrogens is 2. The summed E-state index contributed by atoms with van der Waals surface area (Å²) in [5.74, 6) is 0.904. The Bertz CT molecular complexity index is 1390. The first kappa shape index (κ1) is 24.4. The predicted octanol–water partition coefficient (Wildman–Crippen LogP) is 6.24. The monoisotopic (exact) mass is 530 g/mol. The van der Waals surface area contributed by atoms with Gasteiger partial charge >= 0.3 is 0 Å². The molecule has 35 heavy (non-hydrogen) atoms. The molecule has 0 aliphatic carbocycles. The summed E-state index contributed by atoms with van der Waals surface area (Å²) in [6.45, 7) is 2.65. The van der Waals surface area contributed by atoms with Crippen molar-refractivity contribution >= 4 is 61.4 Å². The van der Waals surface area contributed by atoms with Crippen LogP contribution in [0.25, 0.3) is 10.8 Å². The highest BCUT2D eigenvalue weighted by Crippen LogP contribution is 2.28. The first-order valence-corrected chi connectivity index (χ1v) is 11.9. The number of amides is 1. The van der Waals surface area contributed by atoms with Crippen LogP contribution < -0.4 is 16.0 Å². The van der Waals surface area contributed by atoms with E-state index in [0.29, 0.717) is 18.3 Å². The van der Waals surface area contributed by atoms with E-state index in [2.05, 4.69) is 66.1 Å². The highest BCUT2D eigenvalue weighted by molar-refractivity contribution is 9.10. The molecular formula is C27H27BrN6O. The number of anilines is 5. The van der Waals surface area contributed by atoms with Crippen molar-refractivity contribution in [3.05, 3.63) is 89.0 Å². The van der Waals surface area contributed by atoms with E-state index in [9.17, 15) is 4.79 Å². The molecule has 3 aromatic carbocycles. The minimum Gasteiger partial charge on any atom is -0.339 e. The van der Waals surface area contributed by atoms with Crippen LogP contribution in [0.3, 0.4) is 0 Å². The molecule has 0 aliphatic rings. The summed E-state index contributed by atoms with van der Waals surface area (Å²) in [5, 5.41) is 11.8. The second-order valence-electron chi connectivity index (χ2n) is 8.39. The Kier molecular flexibility index (Phi) is 7.74. The van der Waals surface area contributed by atoms with E-state index in [-0.39, 0.29) is 5.91 Å². The lowest BCUT2D eigenvalue weighted by molar-refractivity contribution is -0.111. The molecule has 0 spiro atoms. The number of benzene rings is 3. The van der Waals surface area contributed by atoms with Gasteiger partial charge in [-0.15, -0.1) is 0 Å². The van der Waals surface area contributed by atoms with Crippen molar-refractivity contribution < 1.29 is 4.79 Å². The van der Waals surface area contributed by atoms with E-state index in [4.69, 9.17) is 0 Å². The quantitative estimate of drug-likeness (QED) is 0.234. The second kappa shape index (κ2) is 11.1. The molecule has 0 atom stereocenters. The Hall–Kier alpha value is -3.75. The van der Waals surface area contributed by atoms with Gasteiger partial charge in [0.1, 0.15) is 5.82 Å². The van der Waals surface area contributed by atoms with Gasteiger partial charge in [0.25, 0.3) is 0 Å². The van der Waals surface area contributed by atoms with Crippen molar-refractivity contribution in [1.29, 1.82) is 0 Å². The van der Waals surface area contributed by atoms with Gasteiger partial charge in [-0.25, -0.2) is 4.98 Å². The van der Waals surface area contributed by atoms with Gasteiger partial charge in [-0.1, -0.05) is 42.5 Å². The van der Waals surface area contributed by atoms with Crippen LogP contribution in [-0.2, 0) is 4.79 Å². The Morgan fingerprint density at radius 1 is 1.00 bits per heavy atom. The van der Waals surface area contributed by atoms with Crippen molar-refractivity contribution in [1.82, 2.24) is 14.9 Å². The van der Waals surface area contributed by atoms with Crippen molar-refractivity contribution in [3.8, 4) is 0 Å². The zero-order valence-corrected chi connectivity index (χ0v) is 21.4. The number of carbonyl (C=O) groups excluding carboxylic acids is 1. The molecule has 1 aromatic heterocycles. The molecule has 0 aliphatic heterocycles. The molecule has 8 heteroatoms. The van der Waals surface area contributed by atoms with Crippen LogP contribution in [0.15, 0.2) is 83.5 Å². The standard InChI is InChI=1S/C27H27BrN6O/c1-18-10-12-22(16-24(18)32-25(35)9-6-14-34(2)3)31-27-29-17-23(28)26(33-27)30-21-13-11-19-7-4-5-8-20(19)15-21/h4-13,15-17H,14H2,1-3H3,(H,32,35)(H2,29,30,31,33)/b9-6+.